The van der Waals surface area contributed by atoms with Gasteiger partial charge in [0, 0.05) is 57.1 Å². The standard InChI is InChI=1S/C31H43N3O4S/c1-5-23(9-12-37-4)24-8-6-7-22(13-24)17-38-18-25-16-34(29(36)27-15-32-21-39-27)20-31(25)10-11-33(19-31)28(35)26-14-30(26,2)3/h6-8,13,15,21,23,25-26H,5,9-12,14,16-20H2,1-4H3/t23?,25-,26+,31?/m0/s1. The van der Waals surface area contributed by atoms with E-state index in [1.165, 1.54) is 22.5 Å². The average molecular weight is 554 g/mol. The molecule has 1 aromatic carbocycles. The number of aromatic nitrogens is 1. The predicted octanol–water partition coefficient (Wildman–Crippen LogP) is 5.23. The summed E-state index contributed by atoms with van der Waals surface area (Å²) in [5.41, 5.74) is 4.22. The molecule has 2 aliphatic heterocycles. The highest BCUT2D eigenvalue weighted by atomic mass is 32.1. The number of nitrogens with zero attached hydrogens (tertiary/aromatic N) is 3. The van der Waals surface area contributed by atoms with E-state index in [2.05, 4.69) is 54.9 Å². The fourth-order valence-electron chi connectivity index (χ4n) is 6.67. The molecule has 2 aromatic rings. The first-order valence-electron chi connectivity index (χ1n) is 14.4. The third kappa shape index (κ3) is 6.08. The highest BCUT2D eigenvalue weighted by Crippen LogP contribution is 2.54. The fourth-order valence-corrected chi connectivity index (χ4v) is 7.26. The Bertz CT molecular complexity index is 1150. The molecule has 7 nitrogen and oxygen atoms in total. The first-order chi connectivity index (χ1) is 18.8. The molecule has 3 fully saturated rings. The van der Waals surface area contributed by atoms with Gasteiger partial charge in [-0.2, -0.15) is 0 Å². The second-order valence-electron chi connectivity index (χ2n) is 12.5. The van der Waals surface area contributed by atoms with Crippen molar-refractivity contribution in [3.63, 3.8) is 0 Å². The molecule has 0 N–H and O–H groups in total. The van der Waals surface area contributed by atoms with Crippen LogP contribution in [-0.2, 0) is 20.9 Å². The largest absolute Gasteiger partial charge is 0.385 e. The minimum absolute atomic E-state index is 0.0434. The summed E-state index contributed by atoms with van der Waals surface area (Å²) in [5, 5.41) is 0. The monoisotopic (exact) mass is 553 g/mol. The van der Waals surface area contributed by atoms with Gasteiger partial charge in [0.1, 0.15) is 4.88 Å². The lowest BCUT2D eigenvalue weighted by Crippen LogP contribution is -2.39. The van der Waals surface area contributed by atoms with Crippen molar-refractivity contribution in [2.24, 2.45) is 22.7 Å². The van der Waals surface area contributed by atoms with Crippen molar-refractivity contribution in [2.75, 3.05) is 46.5 Å². The van der Waals surface area contributed by atoms with Crippen LogP contribution < -0.4 is 0 Å². The molecule has 2 unspecified atom stereocenters. The average Bonchev–Trinajstić information content (AvgIpc) is 3.41. The maximum absolute atomic E-state index is 13.3. The summed E-state index contributed by atoms with van der Waals surface area (Å²) < 4.78 is 11.7. The number of hydrogen-bond acceptors (Lipinski definition) is 6. The molecular formula is C31H43N3O4S. The lowest BCUT2D eigenvalue weighted by atomic mass is 9.77. The van der Waals surface area contributed by atoms with Crippen LogP contribution in [0.5, 0.6) is 0 Å². The van der Waals surface area contributed by atoms with Crippen molar-refractivity contribution in [3.8, 4) is 0 Å². The number of thiazole rings is 1. The van der Waals surface area contributed by atoms with Gasteiger partial charge in [-0.1, -0.05) is 45.0 Å². The van der Waals surface area contributed by atoms with Crippen LogP contribution >= 0.6 is 11.3 Å². The first kappa shape index (κ1) is 28.2. The van der Waals surface area contributed by atoms with E-state index in [4.69, 9.17) is 9.47 Å². The van der Waals surface area contributed by atoms with Crippen LogP contribution in [0.1, 0.15) is 73.2 Å². The van der Waals surface area contributed by atoms with E-state index in [9.17, 15) is 9.59 Å². The summed E-state index contributed by atoms with van der Waals surface area (Å²) in [6.07, 6.45) is 5.64. The number of hydrogen-bond donors (Lipinski definition) is 0. The molecule has 5 rings (SSSR count). The van der Waals surface area contributed by atoms with E-state index in [1.54, 1.807) is 18.8 Å². The summed E-state index contributed by atoms with van der Waals surface area (Å²) in [6.45, 7) is 11.3. The molecule has 39 heavy (non-hydrogen) atoms. The van der Waals surface area contributed by atoms with E-state index >= 15 is 0 Å². The molecule has 0 bridgehead atoms. The van der Waals surface area contributed by atoms with Crippen molar-refractivity contribution in [1.82, 2.24) is 14.8 Å². The molecule has 4 atom stereocenters. The van der Waals surface area contributed by atoms with Crippen molar-refractivity contribution >= 4 is 23.2 Å². The molecule has 1 aliphatic carbocycles. The third-order valence-electron chi connectivity index (χ3n) is 9.42. The van der Waals surface area contributed by atoms with Gasteiger partial charge in [-0.3, -0.25) is 14.6 Å². The van der Waals surface area contributed by atoms with Crippen LogP contribution in [0, 0.1) is 22.7 Å². The van der Waals surface area contributed by atoms with Crippen LogP contribution in [0.4, 0.5) is 0 Å². The zero-order valence-corrected chi connectivity index (χ0v) is 24.7. The number of benzene rings is 1. The predicted molar refractivity (Wildman–Crippen MR) is 153 cm³/mol. The number of amides is 2. The Morgan fingerprint density at radius 1 is 1.23 bits per heavy atom. The van der Waals surface area contributed by atoms with E-state index in [0.29, 0.717) is 49.6 Å². The van der Waals surface area contributed by atoms with Crippen molar-refractivity contribution < 1.29 is 19.1 Å². The Labute approximate surface area is 236 Å². The van der Waals surface area contributed by atoms with Crippen LogP contribution in [0.3, 0.4) is 0 Å². The number of methoxy groups -OCH3 is 1. The van der Waals surface area contributed by atoms with Crippen LogP contribution in [0.15, 0.2) is 36.0 Å². The summed E-state index contributed by atoms with van der Waals surface area (Å²) in [4.78, 5) is 35.4. The van der Waals surface area contributed by atoms with Crippen LogP contribution in [-0.4, -0.2) is 73.1 Å². The number of carbonyl (C=O) groups excluding carboxylic acids is 2. The second kappa shape index (κ2) is 11.7. The molecule has 2 amide bonds. The molecule has 3 aliphatic rings. The van der Waals surface area contributed by atoms with E-state index in [1.807, 2.05) is 4.90 Å². The van der Waals surface area contributed by atoms with Gasteiger partial charge in [0.05, 0.1) is 24.9 Å². The van der Waals surface area contributed by atoms with Gasteiger partial charge in [-0.05, 0) is 48.1 Å². The Hall–Kier alpha value is -2.29. The van der Waals surface area contributed by atoms with Crippen molar-refractivity contribution in [3.05, 3.63) is 52.0 Å². The van der Waals surface area contributed by atoms with Crippen molar-refractivity contribution in [2.45, 2.75) is 59.0 Å². The normalized spacial score (nSPS) is 26.4. The van der Waals surface area contributed by atoms with Gasteiger partial charge in [0.2, 0.25) is 5.91 Å². The van der Waals surface area contributed by atoms with E-state index < -0.39 is 0 Å². The molecule has 1 spiro atoms. The van der Waals surface area contributed by atoms with E-state index in [0.717, 1.165) is 38.8 Å². The van der Waals surface area contributed by atoms with E-state index in [-0.39, 0.29) is 28.6 Å². The number of carbonyl (C=O) groups is 2. The Balaban J connectivity index is 1.26. The second-order valence-corrected chi connectivity index (χ2v) is 13.4. The topological polar surface area (TPSA) is 72.0 Å². The Morgan fingerprint density at radius 3 is 2.72 bits per heavy atom. The number of likely N-dealkylation sites (tertiary alicyclic amines) is 2. The summed E-state index contributed by atoms with van der Waals surface area (Å²) >= 11 is 1.39. The summed E-state index contributed by atoms with van der Waals surface area (Å²) in [6, 6.07) is 8.72. The van der Waals surface area contributed by atoms with Gasteiger partial charge in [-0.25, -0.2) is 0 Å². The van der Waals surface area contributed by atoms with Gasteiger partial charge < -0.3 is 19.3 Å². The molecule has 0 radical (unpaired) electrons. The molecule has 212 valence electrons. The maximum atomic E-state index is 13.3. The van der Waals surface area contributed by atoms with Gasteiger partial charge in [0.25, 0.3) is 5.91 Å². The van der Waals surface area contributed by atoms with Crippen molar-refractivity contribution in [1.29, 1.82) is 0 Å². The van der Waals surface area contributed by atoms with Crippen LogP contribution in [0.25, 0.3) is 0 Å². The minimum atomic E-state index is -0.121. The minimum Gasteiger partial charge on any atom is -0.385 e. The number of ether oxygens (including phenoxy) is 2. The van der Waals surface area contributed by atoms with Gasteiger partial charge >= 0.3 is 0 Å². The molecule has 3 heterocycles. The smallest absolute Gasteiger partial charge is 0.265 e. The Morgan fingerprint density at radius 2 is 2.03 bits per heavy atom. The molecule has 8 heteroatoms. The summed E-state index contributed by atoms with van der Waals surface area (Å²) in [5.74, 6) is 1.14. The lowest BCUT2D eigenvalue weighted by Gasteiger charge is -2.30. The maximum Gasteiger partial charge on any atom is 0.265 e. The van der Waals surface area contributed by atoms with Gasteiger partial charge in [0.15, 0.2) is 0 Å². The quantitative estimate of drug-likeness (QED) is 0.381. The van der Waals surface area contributed by atoms with Crippen LogP contribution in [0.2, 0.25) is 0 Å². The zero-order chi connectivity index (χ0) is 27.6. The third-order valence-corrected chi connectivity index (χ3v) is 10.2. The zero-order valence-electron chi connectivity index (χ0n) is 23.9. The SMILES string of the molecule is CCC(CCOC)c1cccc(COC[C@@H]2CN(C(=O)c3cncs3)CC23CCN(C(=O)[C@H]2CC2(C)C)C3)c1. The first-order valence-corrected chi connectivity index (χ1v) is 15.3. The molecule has 1 aromatic heterocycles. The van der Waals surface area contributed by atoms with Gasteiger partial charge in [-0.15, -0.1) is 11.3 Å². The fraction of sp³-hybridized carbons (Fsp3) is 0.645. The Kier molecular flexibility index (Phi) is 8.45. The highest BCUT2D eigenvalue weighted by Gasteiger charge is 2.57. The molecule has 2 saturated heterocycles. The molecular weight excluding hydrogens is 510 g/mol. The number of rotatable bonds is 11. The summed E-state index contributed by atoms with van der Waals surface area (Å²) in [7, 11) is 1.75. The highest BCUT2D eigenvalue weighted by molar-refractivity contribution is 7.11. The lowest BCUT2D eigenvalue weighted by molar-refractivity contribution is -0.132. The molecule has 1 saturated carbocycles.